The lowest BCUT2D eigenvalue weighted by atomic mass is 10.2. The monoisotopic (exact) mass is 416 g/mol. The summed E-state index contributed by atoms with van der Waals surface area (Å²) in [7, 11) is 7.85. The Balaban J connectivity index is 0.00000242. The third-order valence-corrected chi connectivity index (χ3v) is 3.48. The fourth-order valence-electron chi connectivity index (χ4n) is 2.28. The second-order valence-electron chi connectivity index (χ2n) is 5.21. The third kappa shape index (κ3) is 5.04. The molecule has 2 heterocycles. The van der Waals surface area contributed by atoms with Crippen LogP contribution in [0.4, 0.5) is 0 Å². The molecular weight excluding hydrogens is 391 g/mol. The van der Waals surface area contributed by atoms with Crippen molar-refractivity contribution in [2.24, 2.45) is 19.1 Å². The number of nitrogens with one attached hydrogen (secondary N) is 1. The number of hydrogen-bond donors (Lipinski definition) is 1. The molecule has 0 saturated heterocycles. The molecule has 0 spiro atoms. The van der Waals surface area contributed by atoms with E-state index in [1.807, 2.05) is 38.2 Å². The maximum atomic E-state index is 4.34. The van der Waals surface area contributed by atoms with Gasteiger partial charge in [0.05, 0.1) is 12.7 Å². The Hall–Kier alpha value is -1.51. The van der Waals surface area contributed by atoms with Crippen LogP contribution in [0.15, 0.2) is 35.7 Å². The molecule has 0 saturated carbocycles. The number of hydrogen-bond acceptors (Lipinski definition) is 2. The number of nitrogens with zero attached hydrogens (tertiary/aromatic N) is 5. The number of aromatic nitrogens is 3. The summed E-state index contributed by atoms with van der Waals surface area (Å²) >= 11 is 0. The average Bonchev–Trinajstić information content (AvgIpc) is 3.04. The topological polar surface area (TPSA) is 50.4 Å². The first-order valence-corrected chi connectivity index (χ1v) is 7.09. The minimum Gasteiger partial charge on any atom is -0.356 e. The van der Waals surface area contributed by atoms with Gasteiger partial charge in [0.1, 0.15) is 0 Å². The zero-order chi connectivity index (χ0) is 15.2. The highest BCUT2D eigenvalue weighted by Gasteiger charge is 2.08. The standard InChI is InChI=1S/C15H24N6.HI/c1-16-15(17-8-7-13-10-18-21(4)11-13)20(3)12-14-6-5-9-19(14)2;/h5-6,9-11H,7-8,12H2,1-4H3,(H,16,17);1H. The van der Waals surface area contributed by atoms with E-state index in [1.165, 1.54) is 11.3 Å². The van der Waals surface area contributed by atoms with E-state index in [1.54, 1.807) is 0 Å². The zero-order valence-electron chi connectivity index (χ0n) is 13.7. The van der Waals surface area contributed by atoms with E-state index in [0.717, 1.165) is 25.5 Å². The summed E-state index contributed by atoms with van der Waals surface area (Å²) in [6.45, 7) is 1.67. The number of guanidine groups is 1. The highest BCUT2D eigenvalue weighted by atomic mass is 127. The minimum atomic E-state index is 0. The van der Waals surface area contributed by atoms with Gasteiger partial charge in [0, 0.05) is 52.8 Å². The van der Waals surface area contributed by atoms with Gasteiger partial charge in [-0.2, -0.15) is 5.10 Å². The highest BCUT2D eigenvalue weighted by Crippen LogP contribution is 2.03. The molecule has 0 bridgehead atoms. The van der Waals surface area contributed by atoms with Crippen LogP contribution in [0.2, 0.25) is 0 Å². The summed E-state index contributed by atoms with van der Waals surface area (Å²) < 4.78 is 3.95. The summed E-state index contributed by atoms with van der Waals surface area (Å²) in [6.07, 6.45) is 6.93. The van der Waals surface area contributed by atoms with Gasteiger partial charge in [0.25, 0.3) is 0 Å². The molecule has 0 aliphatic carbocycles. The van der Waals surface area contributed by atoms with Crippen molar-refractivity contribution in [3.63, 3.8) is 0 Å². The molecule has 122 valence electrons. The molecule has 0 aromatic carbocycles. The van der Waals surface area contributed by atoms with E-state index in [9.17, 15) is 0 Å². The Morgan fingerprint density at radius 3 is 2.73 bits per heavy atom. The molecule has 7 heteroatoms. The summed E-state index contributed by atoms with van der Waals surface area (Å²) in [5.74, 6) is 0.903. The lowest BCUT2D eigenvalue weighted by molar-refractivity contribution is 0.462. The molecule has 2 aromatic rings. The second-order valence-corrected chi connectivity index (χ2v) is 5.21. The molecule has 22 heavy (non-hydrogen) atoms. The lowest BCUT2D eigenvalue weighted by Crippen LogP contribution is -2.39. The normalized spacial score (nSPS) is 11.2. The predicted molar refractivity (Wildman–Crippen MR) is 101 cm³/mol. The number of rotatable bonds is 5. The van der Waals surface area contributed by atoms with E-state index < -0.39 is 0 Å². The average molecular weight is 416 g/mol. The first-order chi connectivity index (χ1) is 10.1. The van der Waals surface area contributed by atoms with E-state index in [0.29, 0.717) is 0 Å². The summed E-state index contributed by atoms with van der Waals surface area (Å²) in [5.41, 5.74) is 2.48. The van der Waals surface area contributed by atoms with Crippen molar-refractivity contribution in [1.82, 2.24) is 24.6 Å². The zero-order valence-corrected chi connectivity index (χ0v) is 16.0. The molecule has 2 rings (SSSR count). The predicted octanol–water partition coefficient (Wildman–Crippen LogP) is 1.63. The van der Waals surface area contributed by atoms with Gasteiger partial charge in [0.15, 0.2) is 5.96 Å². The van der Waals surface area contributed by atoms with Crippen LogP contribution in [0.1, 0.15) is 11.3 Å². The van der Waals surface area contributed by atoms with Crippen molar-refractivity contribution in [1.29, 1.82) is 0 Å². The molecular formula is C15H25IN6. The Morgan fingerprint density at radius 1 is 1.41 bits per heavy atom. The van der Waals surface area contributed by atoms with Crippen LogP contribution in [0.3, 0.4) is 0 Å². The molecule has 0 aliphatic rings. The van der Waals surface area contributed by atoms with Crippen LogP contribution >= 0.6 is 24.0 Å². The molecule has 1 N–H and O–H groups in total. The van der Waals surface area contributed by atoms with Gasteiger partial charge in [-0.05, 0) is 24.1 Å². The molecule has 0 aliphatic heterocycles. The van der Waals surface area contributed by atoms with Gasteiger partial charge in [-0.25, -0.2) is 0 Å². The Bertz CT molecular complexity index is 601. The van der Waals surface area contributed by atoms with E-state index in [-0.39, 0.29) is 24.0 Å². The molecule has 0 atom stereocenters. The van der Waals surface area contributed by atoms with Gasteiger partial charge >= 0.3 is 0 Å². The summed E-state index contributed by atoms with van der Waals surface area (Å²) in [4.78, 5) is 6.46. The third-order valence-electron chi connectivity index (χ3n) is 3.48. The largest absolute Gasteiger partial charge is 0.356 e. The van der Waals surface area contributed by atoms with Crippen LogP contribution in [0.25, 0.3) is 0 Å². The fraction of sp³-hybridized carbons (Fsp3) is 0.467. The van der Waals surface area contributed by atoms with Gasteiger partial charge < -0.3 is 14.8 Å². The van der Waals surface area contributed by atoms with Crippen molar-refractivity contribution < 1.29 is 0 Å². The SMILES string of the molecule is CN=C(NCCc1cnn(C)c1)N(C)Cc1cccn1C.I. The number of aliphatic imine (C=N–C) groups is 1. The van der Waals surface area contributed by atoms with Crippen molar-refractivity contribution >= 4 is 29.9 Å². The molecule has 0 unspecified atom stereocenters. The van der Waals surface area contributed by atoms with Crippen molar-refractivity contribution in [3.8, 4) is 0 Å². The maximum Gasteiger partial charge on any atom is 0.193 e. The number of aryl methyl sites for hydroxylation is 2. The quantitative estimate of drug-likeness (QED) is 0.458. The number of halogens is 1. The molecule has 0 fully saturated rings. The Labute approximate surface area is 149 Å². The Morgan fingerprint density at radius 2 is 2.18 bits per heavy atom. The minimum absolute atomic E-state index is 0. The van der Waals surface area contributed by atoms with Crippen LogP contribution < -0.4 is 5.32 Å². The lowest BCUT2D eigenvalue weighted by Gasteiger charge is -2.22. The molecule has 0 radical (unpaired) electrons. The van der Waals surface area contributed by atoms with Gasteiger partial charge in [-0.15, -0.1) is 24.0 Å². The Kier molecular flexibility index (Phi) is 7.43. The van der Waals surface area contributed by atoms with Gasteiger partial charge in [-0.3, -0.25) is 9.67 Å². The van der Waals surface area contributed by atoms with E-state index in [4.69, 9.17) is 0 Å². The summed E-state index contributed by atoms with van der Waals surface area (Å²) in [5, 5.41) is 7.56. The van der Waals surface area contributed by atoms with Crippen LogP contribution in [0.5, 0.6) is 0 Å². The fourth-order valence-corrected chi connectivity index (χ4v) is 2.28. The summed E-state index contributed by atoms with van der Waals surface area (Å²) in [6, 6.07) is 4.18. The van der Waals surface area contributed by atoms with Gasteiger partial charge in [0.2, 0.25) is 0 Å². The van der Waals surface area contributed by atoms with Crippen molar-refractivity contribution in [2.75, 3.05) is 20.6 Å². The van der Waals surface area contributed by atoms with Crippen LogP contribution in [-0.4, -0.2) is 45.8 Å². The second kappa shape index (κ2) is 8.82. The first kappa shape index (κ1) is 18.5. The van der Waals surface area contributed by atoms with Crippen LogP contribution in [-0.2, 0) is 27.1 Å². The van der Waals surface area contributed by atoms with E-state index >= 15 is 0 Å². The molecule has 6 nitrogen and oxygen atoms in total. The van der Waals surface area contributed by atoms with Crippen molar-refractivity contribution in [2.45, 2.75) is 13.0 Å². The first-order valence-electron chi connectivity index (χ1n) is 7.09. The van der Waals surface area contributed by atoms with E-state index in [2.05, 4.69) is 50.3 Å². The smallest absolute Gasteiger partial charge is 0.193 e. The van der Waals surface area contributed by atoms with Gasteiger partial charge in [-0.1, -0.05) is 0 Å². The molecule has 2 aromatic heterocycles. The molecule has 0 amide bonds. The highest BCUT2D eigenvalue weighted by molar-refractivity contribution is 14.0. The van der Waals surface area contributed by atoms with Crippen molar-refractivity contribution in [3.05, 3.63) is 42.0 Å². The van der Waals surface area contributed by atoms with Crippen LogP contribution in [0, 0.1) is 0 Å². The maximum absolute atomic E-state index is 4.34.